The smallest absolute Gasteiger partial charge is 0.170 e. The Morgan fingerprint density at radius 1 is 0.971 bits per heavy atom. The number of rotatable bonds is 6. The molecule has 6 heteroatoms. The Bertz CT molecular complexity index is 1280. The van der Waals surface area contributed by atoms with E-state index >= 15 is 0 Å². The molecule has 34 heavy (non-hydrogen) atoms. The summed E-state index contributed by atoms with van der Waals surface area (Å²) in [5.74, 6) is 0. The van der Waals surface area contributed by atoms with Gasteiger partial charge in [-0.3, -0.25) is 9.97 Å². The van der Waals surface area contributed by atoms with Crippen LogP contribution in [0.25, 0.3) is 5.69 Å². The highest BCUT2D eigenvalue weighted by atomic mass is 32.1. The minimum atomic E-state index is -0.0400. The number of aryl methyl sites for hydroxylation is 2. The molecule has 0 bridgehead atoms. The third-order valence-electron chi connectivity index (χ3n) is 6.67. The predicted molar refractivity (Wildman–Crippen MR) is 140 cm³/mol. The highest BCUT2D eigenvalue weighted by Crippen LogP contribution is 2.42. The van der Waals surface area contributed by atoms with Crippen LogP contribution < -0.4 is 5.32 Å². The molecule has 172 valence electrons. The Balaban J connectivity index is 1.60. The number of hydrogen-bond donors (Lipinski definition) is 1. The van der Waals surface area contributed by atoms with Gasteiger partial charge in [0.15, 0.2) is 5.11 Å². The van der Waals surface area contributed by atoms with Crippen LogP contribution in [0.4, 0.5) is 0 Å². The van der Waals surface area contributed by atoms with Crippen molar-refractivity contribution in [3.63, 3.8) is 0 Å². The predicted octanol–water partition coefficient (Wildman–Crippen LogP) is 5.62. The Morgan fingerprint density at radius 3 is 2.47 bits per heavy atom. The molecule has 0 radical (unpaired) electrons. The lowest BCUT2D eigenvalue weighted by molar-refractivity contribution is 0.310. The molecule has 3 aromatic heterocycles. The van der Waals surface area contributed by atoms with Crippen LogP contribution in [0.1, 0.15) is 52.8 Å². The number of benzene rings is 1. The maximum absolute atomic E-state index is 5.86. The van der Waals surface area contributed by atoms with Crippen LogP contribution in [0.15, 0.2) is 79.3 Å². The maximum atomic E-state index is 5.86. The molecule has 5 rings (SSSR count). The van der Waals surface area contributed by atoms with Gasteiger partial charge >= 0.3 is 0 Å². The topological polar surface area (TPSA) is 46.0 Å². The summed E-state index contributed by atoms with van der Waals surface area (Å²) >= 11 is 5.86. The van der Waals surface area contributed by atoms with Crippen LogP contribution in [0.5, 0.6) is 0 Å². The molecule has 1 aliphatic rings. The van der Waals surface area contributed by atoms with E-state index < -0.39 is 0 Å². The SMILES string of the molecule is CCc1ccc(-n2c(C)cc([C@H]3[C@@H](c4ccccn4)NC(=S)N3Cc3cccnc3)c2C)cc1. The van der Waals surface area contributed by atoms with Crippen molar-refractivity contribution in [2.24, 2.45) is 0 Å². The van der Waals surface area contributed by atoms with Gasteiger partial charge in [-0.2, -0.15) is 0 Å². The van der Waals surface area contributed by atoms with E-state index in [2.05, 4.69) is 88.0 Å². The minimum Gasteiger partial charge on any atom is -0.352 e. The van der Waals surface area contributed by atoms with Gasteiger partial charge in [-0.1, -0.05) is 31.2 Å². The fourth-order valence-corrected chi connectivity index (χ4v) is 5.27. The first-order valence-corrected chi connectivity index (χ1v) is 12.1. The van der Waals surface area contributed by atoms with Crippen molar-refractivity contribution >= 4 is 17.3 Å². The van der Waals surface area contributed by atoms with Gasteiger partial charge in [-0.25, -0.2) is 0 Å². The maximum Gasteiger partial charge on any atom is 0.170 e. The van der Waals surface area contributed by atoms with Crippen LogP contribution in [-0.2, 0) is 13.0 Å². The second-order valence-electron chi connectivity index (χ2n) is 8.80. The van der Waals surface area contributed by atoms with Gasteiger partial charge in [-0.15, -0.1) is 0 Å². The highest BCUT2D eigenvalue weighted by molar-refractivity contribution is 7.80. The second kappa shape index (κ2) is 9.39. The van der Waals surface area contributed by atoms with Crippen LogP contribution in [0.3, 0.4) is 0 Å². The van der Waals surface area contributed by atoms with E-state index in [1.807, 2.05) is 30.6 Å². The van der Waals surface area contributed by atoms with E-state index in [0.717, 1.165) is 22.8 Å². The summed E-state index contributed by atoms with van der Waals surface area (Å²) in [6.07, 6.45) is 6.59. The monoisotopic (exact) mass is 467 g/mol. The Kier molecular flexibility index (Phi) is 6.16. The number of thiocarbonyl (C=S) groups is 1. The van der Waals surface area contributed by atoms with E-state index in [1.54, 1.807) is 6.20 Å². The van der Waals surface area contributed by atoms with Gasteiger partial charge in [0.2, 0.25) is 0 Å². The summed E-state index contributed by atoms with van der Waals surface area (Å²) in [6, 6.07) is 21.2. The first kappa shape index (κ1) is 22.3. The molecule has 0 spiro atoms. The molecular weight excluding hydrogens is 438 g/mol. The van der Waals surface area contributed by atoms with Crippen LogP contribution in [0.2, 0.25) is 0 Å². The minimum absolute atomic E-state index is 0.0115. The lowest BCUT2D eigenvalue weighted by Crippen LogP contribution is -2.29. The molecule has 1 saturated heterocycles. The number of pyridine rings is 2. The van der Waals surface area contributed by atoms with Crippen LogP contribution >= 0.6 is 12.2 Å². The average Bonchev–Trinajstić information content (AvgIpc) is 3.35. The zero-order chi connectivity index (χ0) is 23.7. The zero-order valence-corrected chi connectivity index (χ0v) is 20.6. The molecule has 1 aliphatic heterocycles. The molecule has 1 fully saturated rings. The van der Waals surface area contributed by atoms with Gasteiger partial charge in [0.05, 0.1) is 17.8 Å². The fraction of sp³-hybridized carbons (Fsp3) is 0.250. The van der Waals surface area contributed by atoms with Crippen LogP contribution in [0, 0.1) is 13.8 Å². The van der Waals surface area contributed by atoms with Crippen molar-refractivity contribution in [3.8, 4) is 5.69 Å². The van der Waals surface area contributed by atoms with E-state index in [4.69, 9.17) is 12.2 Å². The van der Waals surface area contributed by atoms with Gasteiger partial charge in [0.1, 0.15) is 0 Å². The number of nitrogens with zero attached hydrogens (tertiary/aromatic N) is 4. The quantitative estimate of drug-likeness (QED) is 0.373. The number of hydrogen-bond acceptors (Lipinski definition) is 3. The van der Waals surface area contributed by atoms with Crippen molar-refractivity contribution in [2.75, 3.05) is 0 Å². The normalized spacial score (nSPS) is 17.7. The number of nitrogens with one attached hydrogen (secondary N) is 1. The highest BCUT2D eigenvalue weighted by Gasteiger charge is 2.41. The van der Waals surface area contributed by atoms with Crippen molar-refractivity contribution in [2.45, 2.75) is 45.8 Å². The molecule has 2 atom stereocenters. The molecule has 1 aromatic carbocycles. The Morgan fingerprint density at radius 2 is 1.79 bits per heavy atom. The number of aromatic nitrogens is 3. The van der Waals surface area contributed by atoms with Gasteiger partial charge in [0.25, 0.3) is 0 Å². The van der Waals surface area contributed by atoms with Gasteiger partial charge < -0.3 is 14.8 Å². The van der Waals surface area contributed by atoms with Gasteiger partial charge in [0, 0.05) is 42.2 Å². The molecule has 0 aliphatic carbocycles. The summed E-state index contributed by atoms with van der Waals surface area (Å²) in [5, 5.41) is 4.30. The average molecular weight is 468 g/mol. The van der Waals surface area contributed by atoms with E-state index in [-0.39, 0.29) is 12.1 Å². The largest absolute Gasteiger partial charge is 0.352 e. The van der Waals surface area contributed by atoms with Crippen molar-refractivity contribution < 1.29 is 0 Å². The van der Waals surface area contributed by atoms with Crippen molar-refractivity contribution in [3.05, 3.63) is 113 Å². The third-order valence-corrected chi connectivity index (χ3v) is 7.02. The molecule has 0 saturated carbocycles. The van der Waals surface area contributed by atoms with Crippen LogP contribution in [-0.4, -0.2) is 24.5 Å². The second-order valence-corrected chi connectivity index (χ2v) is 9.18. The summed E-state index contributed by atoms with van der Waals surface area (Å²) in [5.41, 5.74) is 8.31. The van der Waals surface area contributed by atoms with Crippen molar-refractivity contribution in [1.29, 1.82) is 0 Å². The Hall–Kier alpha value is -3.51. The summed E-state index contributed by atoms with van der Waals surface area (Å²) < 4.78 is 2.34. The molecule has 4 heterocycles. The first-order valence-electron chi connectivity index (χ1n) is 11.7. The molecule has 5 nitrogen and oxygen atoms in total. The Labute approximate surface area is 206 Å². The van der Waals surface area contributed by atoms with E-state index in [1.165, 1.54) is 28.2 Å². The molecule has 0 amide bonds. The fourth-order valence-electron chi connectivity index (χ4n) is 4.97. The zero-order valence-electron chi connectivity index (χ0n) is 19.8. The molecule has 0 unspecified atom stereocenters. The molecular formula is C28H29N5S. The van der Waals surface area contributed by atoms with E-state index in [9.17, 15) is 0 Å². The summed E-state index contributed by atoms with van der Waals surface area (Å²) in [4.78, 5) is 11.3. The van der Waals surface area contributed by atoms with E-state index in [0.29, 0.717) is 6.54 Å². The third kappa shape index (κ3) is 4.10. The van der Waals surface area contributed by atoms with Crippen molar-refractivity contribution in [1.82, 2.24) is 24.8 Å². The standard InChI is InChI=1S/C28H29N5S/c1-4-21-10-12-23(13-11-21)33-19(2)16-24(20(33)3)27-26(25-9-5-6-15-30-25)31-28(34)32(27)18-22-8-7-14-29-17-22/h5-17,26-27H,4,18H2,1-3H3,(H,31,34)/t26-,27+/m1/s1. The summed E-state index contributed by atoms with van der Waals surface area (Å²) in [6.45, 7) is 7.24. The lowest BCUT2D eigenvalue weighted by atomic mass is 9.96. The first-order chi connectivity index (χ1) is 16.6. The van der Waals surface area contributed by atoms with Gasteiger partial charge in [-0.05, 0) is 85.6 Å². The molecule has 1 N–H and O–H groups in total. The molecule has 4 aromatic rings. The lowest BCUT2D eigenvalue weighted by Gasteiger charge is -2.28. The summed E-state index contributed by atoms with van der Waals surface area (Å²) in [7, 11) is 0.